The normalized spacial score (nSPS) is 14.4. The fourth-order valence-electron chi connectivity index (χ4n) is 3.25. The molecule has 0 aromatic heterocycles. The molecule has 0 radical (unpaired) electrons. The SMILES string of the molecule is COc1ccc(NC(=S)N(CCCN2CCOCC2)Cc2ccc(Cl)cc2)cc1. The Labute approximate surface area is 183 Å². The van der Waals surface area contributed by atoms with Crippen LogP contribution in [0.25, 0.3) is 0 Å². The molecule has 1 aliphatic rings. The fourth-order valence-corrected chi connectivity index (χ4v) is 3.65. The van der Waals surface area contributed by atoms with E-state index in [1.807, 2.05) is 48.5 Å². The lowest BCUT2D eigenvalue weighted by Gasteiger charge is -2.29. The molecule has 1 aliphatic heterocycles. The Morgan fingerprint density at radius 3 is 2.48 bits per heavy atom. The average Bonchev–Trinajstić information content (AvgIpc) is 2.75. The zero-order valence-electron chi connectivity index (χ0n) is 16.8. The lowest BCUT2D eigenvalue weighted by molar-refractivity contribution is 0.0368. The Bertz CT molecular complexity index is 765. The molecule has 29 heavy (non-hydrogen) atoms. The molecule has 1 heterocycles. The number of methoxy groups -OCH3 is 1. The quantitative estimate of drug-likeness (QED) is 0.626. The minimum absolute atomic E-state index is 0.715. The Morgan fingerprint density at radius 1 is 1.14 bits per heavy atom. The van der Waals surface area contributed by atoms with Crippen LogP contribution in [0.4, 0.5) is 5.69 Å². The summed E-state index contributed by atoms with van der Waals surface area (Å²) in [5.74, 6) is 0.824. The van der Waals surface area contributed by atoms with E-state index in [4.69, 9.17) is 33.3 Å². The third-order valence-corrected chi connectivity index (χ3v) is 5.53. The molecule has 0 saturated carbocycles. The van der Waals surface area contributed by atoms with Crippen molar-refractivity contribution in [1.82, 2.24) is 9.80 Å². The van der Waals surface area contributed by atoms with Gasteiger partial charge in [-0.1, -0.05) is 23.7 Å². The van der Waals surface area contributed by atoms with Gasteiger partial charge in [0.1, 0.15) is 5.75 Å². The summed E-state index contributed by atoms with van der Waals surface area (Å²) >= 11 is 11.8. The second-order valence-electron chi connectivity index (χ2n) is 7.01. The zero-order chi connectivity index (χ0) is 20.5. The number of anilines is 1. The average molecular weight is 434 g/mol. The first-order valence-corrected chi connectivity index (χ1v) is 10.7. The molecule has 0 amide bonds. The van der Waals surface area contributed by atoms with E-state index in [9.17, 15) is 0 Å². The molecule has 1 fully saturated rings. The largest absolute Gasteiger partial charge is 0.497 e. The molecule has 7 heteroatoms. The number of halogens is 1. The Hall–Kier alpha value is -1.86. The standard InChI is InChI=1S/C22H28ClN3O2S/c1-27-21-9-7-20(8-10-21)24-22(29)26(17-18-3-5-19(23)6-4-18)12-2-11-25-13-15-28-16-14-25/h3-10H,2,11-17H2,1H3,(H,24,29). The smallest absolute Gasteiger partial charge is 0.173 e. The van der Waals surface area contributed by atoms with E-state index >= 15 is 0 Å². The molecule has 5 nitrogen and oxygen atoms in total. The van der Waals surface area contributed by atoms with Crippen molar-refractivity contribution in [2.24, 2.45) is 0 Å². The van der Waals surface area contributed by atoms with Crippen LogP contribution in [0, 0.1) is 0 Å². The van der Waals surface area contributed by atoms with Gasteiger partial charge in [0.15, 0.2) is 5.11 Å². The van der Waals surface area contributed by atoms with Gasteiger partial charge >= 0.3 is 0 Å². The molecule has 3 rings (SSSR count). The molecule has 0 spiro atoms. The molecule has 0 aliphatic carbocycles. The number of nitrogens with zero attached hydrogens (tertiary/aromatic N) is 2. The number of benzene rings is 2. The molecular formula is C22H28ClN3O2S. The maximum Gasteiger partial charge on any atom is 0.173 e. The van der Waals surface area contributed by atoms with Crippen molar-refractivity contribution in [1.29, 1.82) is 0 Å². The van der Waals surface area contributed by atoms with Gasteiger partial charge < -0.3 is 19.7 Å². The highest BCUT2D eigenvalue weighted by molar-refractivity contribution is 7.80. The number of ether oxygens (including phenoxy) is 2. The van der Waals surface area contributed by atoms with Crippen molar-refractivity contribution >= 4 is 34.6 Å². The first-order chi connectivity index (χ1) is 14.1. The van der Waals surface area contributed by atoms with Gasteiger partial charge in [-0.2, -0.15) is 0 Å². The maximum atomic E-state index is 6.03. The second-order valence-corrected chi connectivity index (χ2v) is 7.84. The van der Waals surface area contributed by atoms with Crippen molar-refractivity contribution in [3.8, 4) is 5.75 Å². The maximum absolute atomic E-state index is 6.03. The molecule has 156 valence electrons. The van der Waals surface area contributed by atoms with E-state index in [0.29, 0.717) is 5.11 Å². The summed E-state index contributed by atoms with van der Waals surface area (Å²) in [5, 5.41) is 4.81. The minimum Gasteiger partial charge on any atom is -0.497 e. The predicted octanol–water partition coefficient (Wildman–Crippen LogP) is 4.27. The van der Waals surface area contributed by atoms with Gasteiger partial charge in [-0.15, -0.1) is 0 Å². The van der Waals surface area contributed by atoms with Gasteiger partial charge in [-0.05, 0) is 60.6 Å². The predicted molar refractivity (Wildman–Crippen MR) is 123 cm³/mol. The van der Waals surface area contributed by atoms with E-state index in [1.54, 1.807) is 7.11 Å². The van der Waals surface area contributed by atoms with Crippen LogP contribution in [0.1, 0.15) is 12.0 Å². The summed E-state index contributed by atoms with van der Waals surface area (Å²) < 4.78 is 10.7. The van der Waals surface area contributed by atoms with Crippen molar-refractivity contribution < 1.29 is 9.47 Å². The third-order valence-electron chi connectivity index (χ3n) is 4.92. The molecule has 0 bridgehead atoms. The van der Waals surface area contributed by atoms with E-state index in [0.717, 1.165) is 68.8 Å². The number of morpholine rings is 1. The van der Waals surface area contributed by atoms with Crippen LogP contribution >= 0.6 is 23.8 Å². The van der Waals surface area contributed by atoms with Crippen LogP contribution in [0.3, 0.4) is 0 Å². The Balaban J connectivity index is 1.61. The topological polar surface area (TPSA) is 37.0 Å². The monoisotopic (exact) mass is 433 g/mol. The van der Waals surface area contributed by atoms with E-state index < -0.39 is 0 Å². The van der Waals surface area contributed by atoms with Gasteiger partial charge in [0.25, 0.3) is 0 Å². The lowest BCUT2D eigenvalue weighted by Crippen LogP contribution is -2.40. The molecule has 0 atom stereocenters. The van der Waals surface area contributed by atoms with Crippen LogP contribution in [0.15, 0.2) is 48.5 Å². The van der Waals surface area contributed by atoms with Crippen LogP contribution in [0.2, 0.25) is 5.02 Å². The molecule has 1 N–H and O–H groups in total. The number of thiocarbonyl (C=S) groups is 1. The van der Waals surface area contributed by atoms with Crippen molar-refractivity contribution in [2.75, 3.05) is 51.8 Å². The van der Waals surface area contributed by atoms with E-state index in [2.05, 4.69) is 15.1 Å². The Kier molecular flexibility index (Phi) is 8.55. The van der Waals surface area contributed by atoms with Gasteiger partial charge in [0, 0.05) is 43.4 Å². The summed E-state index contributed by atoms with van der Waals surface area (Å²) in [4.78, 5) is 4.66. The van der Waals surface area contributed by atoms with Gasteiger partial charge in [-0.25, -0.2) is 0 Å². The molecular weight excluding hydrogens is 406 g/mol. The highest BCUT2D eigenvalue weighted by Gasteiger charge is 2.14. The highest BCUT2D eigenvalue weighted by Crippen LogP contribution is 2.17. The Morgan fingerprint density at radius 2 is 1.83 bits per heavy atom. The van der Waals surface area contributed by atoms with Crippen LogP contribution in [0.5, 0.6) is 5.75 Å². The van der Waals surface area contributed by atoms with Gasteiger partial charge in [0.05, 0.1) is 20.3 Å². The first-order valence-electron chi connectivity index (χ1n) is 9.88. The third kappa shape index (κ3) is 7.16. The lowest BCUT2D eigenvalue weighted by atomic mass is 10.2. The molecule has 1 saturated heterocycles. The number of hydrogen-bond donors (Lipinski definition) is 1. The van der Waals surface area contributed by atoms with Crippen LogP contribution in [-0.4, -0.2) is 61.4 Å². The zero-order valence-corrected chi connectivity index (χ0v) is 18.3. The van der Waals surface area contributed by atoms with Gasteiger partial charge in [-0.3, -0.25) is 4.90 Å². The summed E-state index contributed by atoms with van der Waals surface area (Å²) in [6, 6.07) is 15.7. The summed E-state index contributed by atoms with van der Waals surface area (Å²) in [7, 11) is 1.66. The first kappa shape index (κ1) is 21.8. The minimum atomic E-state index is 0.715. The van der Waals surface area contributed by atoms with E-state index in [1.165, 1.54) is 5.56 Å². The van der Waals surface area contributed by atoms with E-state index in [-0.39, 0.29) is 0 Å². The molecule has 2 aromatic carbocycles. The van der Waals surface area contributed by atoms with Crippen LogP contribution < -0.4 is 10.1 Å². The van der Waals surface area contributed by atoms with Crippen molar-refractivity contribution in [2.45, 2.75) is 13.0 Å². The second kappa shape index (κ2) is 11.4. The van der Waals surface area contributed by atoms with Crippen LogP contribution in [-0.2, 0) is 11.3 Å². The summed E-state index contributed by atoms with van der Waals surface area (Å²) in [6.07, 6.45) is 1.04. The fraction of sp³-hybridized carbons (Fsp3) is 0.409. The number of rotatable bonds is 8. The molecule has 0 unspecified atom stereocenters. The van der Waals surface area contributed by atoms with Gasteiger partial charge in [0.2, 0.25) is 0 Å². The molecule has 2 aromatic rings. The summed E-state index contributed by atoms with van der Waals surface area (Å²) in [5.41, 5.74) is 2.13. The number of hydrogen-bond acceptors (Lipinski definition) is 4. The highest BCUT2D eigenvalue weighted by atomic mass is 35.5. The summed E-state index contributed by atoms with van der Waals surface area (Å²) in [6.45, 7) is 6.32. The van der Waals surface area contributed by atoms with Crippen molar-refractivity contribution in [3.05, 3.63) is 59.1 Å². The van der Waals surface area contributed by atoms with Crippen molar-refractivity contribution in [3.63, 3.8) is 0 Å². The number of nitrogens with one attached hydrogen (secondary N) is 1.